The van der Waals surface area contributed by atoms with Gasteiger partial charge in [0.2, 0.25) is 0 Å². The van der Waals surface area contributed by atoms with Gasteiger partial charge in [0, 0.05) is 18.8 Å². The minimum absolute atomic E-state index is 0.100. The Labute approximate surface area is 143 Å². The average molecular weight is 356 g/mol. The molecular weight excluding hydrogens is 338 g/mol. The number of hydrogen-bond donors (Lipinski definition) is 2. The second-order valence-corrected chi connectivity index (χ2v) is 5.18. The lowest BCUT2D eigenvalue weighted by Crippen LogP contribution is -2.29. The molecule has 2 N–H and O–H groups in total. The Bertz CT molecular complexity index is 606. The minimum Gasteiger partial charge on any atom is -0.467 e. The Balaban J connectivity index is 1.57. The van der Waals surface area contributed by atoms with Gasteiger partial charge in [-0.3, -0.25) is 0 Å². The van der Waals surface area contributed by atoms with Crippen LogP contribution >= 0.6 is 12.2 Å². The Hall–Kier alpha value is -2.19. The third-order valence-corrected chi connectivity index (χ3v) is 3.16. The molecule has 0 bridgehead atoms. The van der Waals surface area contributed by atoms with Crippen LogP contribution in [0.15, 0.2) is 47.1 Å². The second kappa shape index (κ2) is 9.84. The van der Waals surface area contributed by atoms with Gasteiger partial charge in [-0.15, -0.1) is 0 Å². The topological polar surface area (TPSA) is 55.7 Å². The monoisotopic (exact) mass is 356 g/mol. The zero-order valence-electron chi connectivity index (χ0n) is 12.8. The van der Waals surface area contributed by atoms with E-state index in [1.54, 1.807) is 18.4 Å². The van der Waals surface area contributed by atoms with Crippen LogP contribution in [0.2, 0.25) is 0 Å². The third kappa shape index (κ3) is 6.93. The summed E-state index contributed by atoms with van der Waals surface area (Å²) in [4.78, 5) is 0. The van der Waals surface area contributed by atoms with Crippen molar-refractivity contribution in [3.05, 3.63) is 48.4 Å². The Kier molecular flexibility index (Phi) is 7.44. The summed E-state index contributed by atoms with van der Waals surface area (Å²) in [6, 6.07) is 9.78. The fourth-order valence-electron chi connectivity index (χ4n) is 1.84. The molecule has 0 unspecified atom stereocenters. The molecule has 5 nitrogen and oxygen atoms in total. The number of thiocarbonyl (C=S) groups is 1. The third-order valence-electron chi connectivity index (χ3n) is 2.91. The van der Waals surface area contributed by atoms with Crippen LogP contribution in [0, 0.1) is 0 Å². The Morgan fingerprint density at radius 1 is 1.21 bits per heavy atom. The van der Waals surface area contributed by atoms with Gasteiger partial charge < -0.3 is 24.5 Å². The van der Waals surface area contributed by atoms with Crippen molar-refractivity contribution in [2.24, 2.45) is 0 Å². The van der Waals surface area contributed by atoms with Gasteiger partial charge in [0.25, 0.3) is 0 Å². The van der Waals surface area contributed by atoms with E-state index in [4.69, 9.17) is 21.4 Å². The van der Waals surface area contributed by atoms with Crippen molar-refractivity contribution in [2.75, 3.05) is 18.5 Å². The number of rotatable bonds is 9. The van der Waals surface area contributed by atoms with E-state index in [-0.39, 0.29) is 5.75 Å². The average Bonchev–Trinajstić information content (AvgIpc) is 3.05. The fourth-order valence-corrected chi connectivity index (χ4v) is 2.06. The van der Waals surface area contributed by atoms with Crippen LogP contribution in [-0.2, 0) is 11.3 Å². The molecule has 130 valence electrons. The van der Waals surface area contributed by atoms with Crippen molar-refractivity contribution in [3.63, 3.8) is 0 Å². The highest BCUT2D eigenvalue weighted by molar-refractivity contribution is 7.80. The Morgan fingerprint density at radius 2 is 2.00 bits per heavy atom. The van der Waals surface area contributed by atoms with Gasteiger partial charge in [-0.1, -0.05) is 0 Å². The largest absolute Gasteiger partial charge is 0.467 e. The van der Waals surface area contributed by atoms with Crippen LogP contribution in [0.3, 0.4) is 0 Å². The summed E-state index contributed by atoms with van der Waals surface area (Å²) >= 11 is 5.15. The van der Waals surface area contributed by atoms with Gasteiger partial charge in [-0.05, 0) is 55.0 Å². The van der Waals surface area contributed by atoms with Crippen LogP contribution < -0.4 is 15.4 Å². The van der Waals surface area contributed by atoms with Gasteiger partial charge in [-0.2, -0.15) is 8.78 Å². The molecule has 0 aliphatic rings. The quantitative estimate of drug-likeness (QED) is 0.527. The summed E-state index contributed by atoms with van der Waals surface area (Å²) in [5, 5.41) is 6.44. The van der Waals surface area contributed by atoms with Gasteiger partial charge >= 0.3 is 6.61 Å². The molecule has 0 fully saturated rings. The predicted molar refractivity (Wildman–Crippen MR) is 90.3 cm³/mol. The molecule has 24 heavy (non-hydrogen) atoms. The Morgan fingerprint density at radius 3 is 2.67 bits per heavy atom. The maximum atomic E-state index is 12.1. The van der Waals surface area contributed by atoms with E-state index in [0.29, 0.717) is 30.6 Å². The molecular formula is C16H18F2N2O3S. The predicted octanol–water partition coefficient (Wildman–Crippen LogP) is 3.77. The molecule has 0 saturated heterocycles. The van der Waals surface area contributed by atoms with Crippen LogP contribution in [0.4, 0.5) is 14.5 Å². The standard InChI is InChI=1S/C16H18F2N2O3S/c17-15(18)23-13-6-4-12(5-7-13)20-16(24)19-8-2-9-21-11-14-3-1-10-22-14/h1,3-7,10,15H,2,8-9,11H2,(H2,19,20,24). The molecule has 2 aromatic rings. The summed E-state index contributed by atoms with van der Waals surface area (Å²) in [5.74, 6) is 0.891. The van der Waals surface area contributed by atoms with Crippen molar-refractivity contribution in [1.29, 1.82) is 0 Å². The van der Waals surface area contributed by atoms with Crippen molar-refractivity contribution in [3.8, 4) is 5.75 Å². The SMILES string of the molecule is FC(F)Oc1ccc(NC(=S)NCCCOCc2ccco2)cc1. The van der Waals surface area contributed by atoms with Crippen molar-refractivity contribution in [2.45, 2.75) is 19.6 Å². The number of ether oxygens (including phenoxy) is 2. The van der Waals surface area contributed by atoms with Gasteiger partial charge in [0.15, 0.2) is 5.11 Å². The number of furan rings is 1. The van der Waals surface area contributed by atoms with Crippen molar-refractivity contribution < 1.29 is 22.7 Å². The maximum absolute atomic E-state index is 12.1. The zero-order valence-corrected chi connectivity index (χ0v) is 13.7. The summed E-state index contributed by atoms with van der Waals surface area (Å²) in [7, 11) is 0. The fraction of sp³-hybridized carbons (Fsp3) is 0.312. The molecule has 8 heteroatoms. The number of alkyl halides is 2. The minimum atomic E-state index is -2.83. The number of halogens is 2. The highest BCUT2D eigenvalue weighted by atomic mass is 32.1. The molecule has 1 aromatic carbocycles. The van der Waals surface area contributed by atoms with Gasteiger partial charge in [0.1, 0.15) is 18.1 Å². The van der Waals surface area contributed by atoms with Gasteiger partial charge in [0.05, 0.1) is 6.26 Å². The number of benzene rings is 1. The van der Waals surface area contributed by atoms with E-state index in [9.17, 15) is 8.78 Å². The molecule has 0 spiro atoms. The van der Waals surface area contributed by atoms with E-state index < -0.39 is 6.61 Å². The number of hydrogen-bond acceptors (Lipinski definition) is 4. The maximum Gasteiger partial charge on any atom is 0.387 e. The summed E-state index contributed by atoms with van der Waals surface area (Å²) in [5.41, 5.74) is 0.684. The summed E-state index contributed by atoms with van der Waals surface area (Å²) < 4.78 is 39.0. The first-order valence-electron chi connectivity index (χ1n) is 7.33. The lowest BCUT2D eigenvalue weighted by Gasteiger charge is -2.11. The van der Waals surface area contributed by atoms with E-state index >= 15 is 0 Å². The normalized spacial score (nSPS) is 10.6. The molecule has 1 aromatic heterocycles. The van der Waals surface area contributed by atoms with E-state index in [2.05, 4.69) is 15.4 Å². The van der Waals surface area contributed by atoms with E-state index in [1.807, 2.05) is 12.1 Å². The van der Waals surface area contributed by atoms with E-state index in [0.717, 1.165) is 12.2 Å². The number of anilines is 1. The highest BCUT2D eigenvalue weighted by Gasteiger charge is 2.04. The lowest BCUT2D eigenvalue weighted by molar-refractivity contribution is -0.0498. The first kappa shape index (κ1) is 18.2. The van der Waals surface area contributed by atoms with Crippen molar-refractivity contribution in [1.82, 2.24) is 5.32 Å². The second-order valence-electron chi connectivity index (χ2n) is 4.77. The zero-order chi connectivity index (χ0) is 17.2. The van der Waals surface area contributed by atoms with Crippen LogP contribution in [0.25, 0.3) is 0 Å². The van der Waals surface area contributed by atoms with Crippen molar-refractivity contribution >= 4 is 23.0 Å². The molecule has 0 radical (unpaired) electrons. The molecule has 2 rings (SSSR count). The van der Waals surface area contributed by atoms with Crippen LogP contribution in [0.5, 0.6) is 5.75 Å². The van der Waals surface area contributed by atoms with Crippen LogP contribution in [-0.4, -0.2) is 24.9 Å². The van der Waals surface area contributed by atoms with Crippen LogP contribution in [0.1, 0.15) is 12.2 Å². The molecule has 0 aliphatic heterocycles. The molecule has 0 saturated carbocycles. The smallest absolute Gasteiger partial charge is 0.387 e. The summed E-state index contributed by atoms with van der Waals surface area (Å²) in [6.45, 7) is -1.16. The first-order valence-corrected chi connectivity index (χ1v) is 7.74. The molecule has 0 atom stereocenters. The van der Waals surface area contributed by atoms with Gasteiger partial charge in [-0.25, -0.2) is 0 Å². The molecule has 1 heterocycles. The first-order chi connectivity index (χ1) is 11.6. The summed E-state index contributed by atoms with van der Waals surface area (Å²) in [6.07, 6.45) is 2.39. The van der Waals surface area contributed by atoms with E-state index in [1.165, 1.54) is 12.1 Å². The number of nitrogens with one attached hydrogen (secondary N) is 2. The molecule has 0 amide bonds. The molecule has 0 aliphatic carbocycles. The highest BCUT2D eigenvalue weighted by Crippen LogP contribution is 2.17. The lowest BCUT2D eigenvalue weighted by atomic mass is 10.3.